The number of aromatic nitrogens is 2. The van der Waals surface area contributed by atoms with Crippen molar-refractivity contribution in [3.05, 3.63) is 59.2 Å². The molecule has 2 aliphatic heterocycles. The molecule has 2 aliphatic rings. The molecule has 3 aromatic rings. The zero-order valence-electron chi connectivity index (χ0n) is 20.8. The summed E-state index contributed by atoms with van der Waals surface area (Å²) in [6.45, 7) is 9.21. The summed E-state index contributed by atoms with van der Waals surface area (Å²) in [7, 11) is 0.730. The van der Waals surface area contributed by atoms with Crippen molar-refractivity contribution in [2.24, 2.45) is 0 Å². The highest BCUT2D eigenvalue weighted by Gasteiger charge is 2.51. The third kappa shape index (κ3) is 4.37. The number of carbonyl (C=O) groups is 1. The van der Waals surface area contributed by atoms with Gasteiger partial charge in [-0.3, -0.25) is 0 Å². The summed E-state index contributed by atoms with van der Waals surface area (Å²) < 4.78 is 40.0. The van der Waals surface area contributed by atoms with E-state index in [1.165, 1.54) is 13.2 Å². The number of ether oxygens (including phenoxy) is 2. The molecule has 0 radical (unpaired) electrons. The number of fused-ring (bicyclic) bond motifs is 1. The zero-order chi connectivity index (χ0) is 25.0. The number of hydrogen-bond acceptors (Lipinski definition) is 6. The molecule has 1 aromatic heterocycles. The molecule has 1 atom stereocenters. The van der Waals surface area contributed by atoms with E-state index in [4.69, 9.17) is 23.8 Å². The standard InChI is InChI=1S/C26H30BFN2O5/c1-25(2)26(3,4)35-27(34-25)18-8-6-16(20(28)14-18)13-23-29-21-9-7-17(24(31)32-5)12-22(21)30(23)15-19-10-11-33-19/h6-9,12,14,19H,10-11,13,15H2,1-5H3/t19-/m0/s1. The molecule has 0 bridgehead atoms. The number of carbonyl (C=O) groups excluding carboxylic acids is 1. The van der Waals surface area contributed by atoms with Crippen molar-refractivity contribution in [1.29, 1.82) is 0 Å². The average Bonchev–Trinajstić information content (AvgIpc) is 3.23. The summed E-state index contributed by atoms with van der Waals surface area (Å²) in [4.78, 5) is 16.8. The van der Waals surface area contributed by atoms with Crippen LogP contribution in [-0.4, -0.2) is 53.7 Å². The molecule has 5 rings (SSSR count). The smallest absolute Gasteiger partial charge is 0.465 e. The Morgan fingerprint density at radius 2 is 1.89 bits per heavy atom. The topological polar surface area (TPSA) is 71.8 Å². The quantitative estimate of drug-likeness (QED) is 0.397. The zero-order valence-corrected chi connectivity index (χ0v) is 20.8. The van der Waals surface area contributed by atoms with Crippen molar-refractivity contribution in [2.75, 3.05) is 13.7 Å². The summed E-state index contributed by atoms with van der Waals surface area (Å²) in [5.74, 6) is -0.0452. The Hall–Kier alpha value is -2.75. The van der Waals surface area contributed by atoms with E-state index in [9.17, 15) is 4.79 Å². The van der Waals surface area contributed by atoms with Gasteiger partial charge in [-0.25, -0.2) is 14.2 Å². The molecule has 35 heavy (non-hydrogen) atoms. The van der Waals surface area contributed by atoms with E-state index in [-0.39, 0.29) is 11.9 Å². The predicted molar refractivity (Wildman–Crippen MR) is 130 cm³/mol. The maximum atomic E-state index is 15.3. The van der Waals surface area contributed by atoms with Gasteiger partial charge in [0.25, 0.3) is 0 Å². The van der Waals surface area contributed by atoms with Crippen LogP contribution in [0, 0.1) is 5.82 Å². The fourth-order valence-corrected chi connectivity index (χ4v) is 4.39. The van der Waals surface area contributed by atoms with E-state index in [1.807, 2.05) is 38.3 Å². The summed E-state index contributed by atoms with van der Waals surface area (Å²) in [6, 6.07) is 10.3. The molecule has 0 amide bonds. The lowest BCUT2D eigenvalue weighted by molar-refractivity contribution is -0.0589. The minimum absolute atomic E-state index is 0.0727. The third-order valence-electron chi connectivity index (χ3n) is 7.38. The first-order valence-corrected chi connectivity index (χ1v) is 11.9. The predicted octanol–water partition coefficient (Wildman–Crippen LogP) is 3.64. The minimum atomic E-state index is -0.624. The second kappa shape index (κ2) is 8.73. The van der Waals surface area contributed by atoms with Crippen LogP contribution in [0.1, 0.15) is 55.9 Å². The number of benzene rings is 2. The highest BCUT2D eigenvalue weighted by atomic mass is 19.1. The summed E-state index contributed by atoms with van der Waals surface area (Å²) in [5.41, 5.74) is 2.15. The van der Waals surface area contributed by atoms with Crippen molar-refractivity contribution in [3.63, 3.8) is 0 Å². The van der Waals surface area contributed by atoms with E-state index in [2.05, 4.69) is 0 Å². The Bertz CT molecular complexity index is 1270. The number of nitrogens with zero attached hydrogens (tertiary/aromatic N) is 2. The van der Waals surface area contributed by atoms with Gasteiger partial charge in [-0.05, 0) is 69.4 Å². The molecule has 2 saturated heterocycles. The lowest BCUT2D eigenvalue weighted by Crippen LogP contribution is -2.41. The van der Waals surface area contributed by atoms with Crippen LogP contribution >= 0.6 is 0 Å². The van der Waals surface area contributed by atoms with Gasteiger partial charge in [-0.2, -0.15) is 0 Å². The van der Waals surface area contributed by atoms with E-state index in [0.29, 0.717) is 35.4 Å². The van der Waals surface area contributed by atoms with Crippen LogP contribution in [0.3, 0.4) is 0 Å². The Balaban J connectivity index is 1.45. The van der Waals surface area contributed by atoms with Crippen LogP contribution in [0.5, 0.6) is 0 Å². The maximum Gasteiger partial charge on any atom is 0.494 e. The molecule has 2 aromatic carbocycles. The van der Waals surface area contributed by atoms with Gasteiger partial charge in [-0.15, -0.1) is 0 Å². The first-order valence-electron chi connectivity index (χ1n) is 11.9. The number of halogens is 1. The Kier molecular flexibility index (Phi) is 5.98. The van der Waals surface area contributed by atoms with Crippen LogP contribution in [0.2, 0.25) is 0 Å². The van der Waals surface area contributed by atoms with Crippen molar-refractivity contribution in [3.8, 4) is 0 Å². The van der Waals surface area contributed by atoms with E-state index in [0.717, 1.165) is 24.1 Å². The summed E-state index contributed by atoms with van der Waals surface area (Å²) in [6.07, 6.45) is 1.32. The molecule has 0 N–H and O–H groups in total. The maximum absolute atomic E-state index is 15.3. The third-order valence-corrected chi connectivity index (χ3v) is 7.38. The molecule has 184 valence electrons. The molecule has 0 saturated carbocycles. The molecular formula is C26H30BFN2O5. The second-order valence-electron chi connectivity index (χ2n) is 10.2. The Labute approximate surface area is 204 Å². The first kappa shape index (κ1) is 24.0. The first-order chi connectivity index (χ1) is 16.6. The molecule has 7 nitrogen and oxygen atoms in total. The second-order valence-corrected chi connectivity index (χ2v) is 10.2. The molecular weight excluding hydrogens is 450 g/mol. The number of rotatable bonds is 6. The summed E-state index contributed by atoms with van der Waals surface area (Å²) in [5, 5.41) is 0. The number of hydrogen-bond donors (Lipinski definition) is 0. The van der Waals surface area contributed by atoms with Gasteiger partial charge >= 0.3 is 13.1 Å². The fraction of sp³-hybridized carbons (Fsp3) is 0.462. The minimum Gasteiger partial charge on any atom is -0.465 e. The molecule has 9 heteroatoms. The van der Waals surface area contributed by atoms with Crippen LogP contribution in [0.25, 0.3) is 11.0 Å². The molecule has 0 unspecified atom stereocenters. The average molecular weight is 480 g/mol. The SMILES string of the molecule is COC(=O)c1ccc2nc(Cc3ccc(B4OC(C)(C)C(C)(C)O4)cc3F)n(C[C@@H]3CCO3)c2c1. The number of methoxy groups -OCH3 is 1. The Morgan fingerprint density at radius 1 is 1.17 bits per heavy atom. The Morgan fingerprint density at radius 3 is 2.49 bits per heavy atom. The molecule has 0 aliphatic carbocycles. The normalized spacial score (nSPS) is 20.7. The van der Waals surface area contributed by atoms with Gasteiger partial charge in [0.15, 0.2) is 0 Å². The van der Waals surface area contributed by atoms with Gasteiger partial charge in [-0.1, -0.05) is 12.1 Å². The van der Waals surface area contributed by atoms with Crippen molar-refractivity contribution >= 4 is 29.6 Å². The van der Waals surface area contributed by atoms with Gasteiger partial charge in [0, 0.05) is 13.0 Å². The molecule has 0 spiro atoms. The highest BCUT2D eigenvalue weighted by molar-refractivity contribution is 6.62. The fourth-order valence-electron chi connectivity index (χ4n) is 4.39. The van der Waals surface area contributed by atoms with Gasteiger partial charge < -0.3 is 23.3 Å². The lowest BCUT2D eigenvalue weighted by Gasteiger charge is -2.32. The lowest BCUT2D eigenvalue weighted by atomic mass is 9.78. The highest BCUT2D eigenvalue weighted by Crippen LogP contribution is 2.36. The van der Waals surface area contributed by atoms with Crippen molar-refractivity contribution in [1.82, 2.24) is 9.55 Å². The van der Waals surface area contributed by atoms with Crippen LogP contribution in [0.15, 0.2) is 36.4 Å². The van der Waals surface area contributed by atoms with E-state index < -0.39 is 24.3 Å². The van der Waals surface area contributed by atoms with Crippen LogP contribution < -0.4 is 5.46 Å². The summed E-state index contributed by atoms with van der Waals surface area (Å²) >= 11 is 0. The number of esters is 1. The van der Waals surface area contributed by atoms with Gasteiger partial charge in [0.05, 0.1) is 47.6 Å². The monoisotopic (exact) mass is 480 g/mol. The van der Waals surface area contributed by atoms with E-state index >= 15 is 4.39 Å². The van der Waals surface area contributed by atoms with Gasteiger partial charge in [0.2, 0.25) is 0 Å². The van der Waals surface area contributed by atoms with Gasteiger partial charge in [0.1, 0.15) is 11.6 Å². The molecule has 3 heterocycles. The van der Waals surface area contributed by atoms with Crippen molar-refractivity contribution < 1.29 is 28.0 Å². The largest absolute Gasteiger partial charge is 0.494 e. The number of imidazole rings is 1. The van der Waals surface area contributed by atoms with Crippen molar-refractivity contribution in [2.45, 2.75) is 64.4 Å². The van der Waals surface area contributed by atoms with E-state index in [1.54, 1.807) is 24.3 Å². The van der Waals surface area contributed by atoms with Crippen LogP contribution in [0.4, 0.5) is 4.39 Å². The van der Waals surface area contributed by atoms with Crippen LogP contribution in [-0.2, 0) is 31.7 Å². The molecule has 2 fully saturated rings.